The van der Waals surface area contributed by atoms with E-state index in [1.54, 1.807) is 0 Å². The van der Waals surface area contributed by atoms with Gasteiger partial charge in [-0.2, -0.15) is 0 Å². The van der Waals surface area contributed by atoms with Crippen molar-refractivity contribution in [3.05, 3.63) is 35.9 Å². The maximum atomic E-state index is 6.08. The average Bonchev–Trinajstić information content (AvgIpc) is 2.26. The fourth-order valence-corrected chi connectivity index (χ4v) is 2.29. The predicted octanol–water partition coefficient (Wildman–Crippen LogP) is 2.00. The normalized spacial score (nSPS) is 27.9. The van der Waals surface area contributed by atoms with Gasteiger partial charge in [0.25, 0.3) is 0 Å². The summed E-state index contributed by atoms with van der Waals surface area (Å²) in [5, 5.41) is 0. The van der Waals surface area contributed by atoms with Crippen LogP contribution in [0.4, 0.5) is 0 Å². The number of nitrogens with zero attached hydrogens (tertiary/aromatic N) is 1. The minimum Gasteiger partial charge on any atom is -0.326 e. The molecule has 82 valence electrons. The molecule has 0 aromatic heterocycles. The Bertz CT molecular complexity index is 297. The molecule has 2 heteroatoms. The Morgan fingerprint density at radius 2 is 2.07 bits per heavy atom. The SMILES string of the molecule is C[C@H]1[C@H](N)CCCN1Cc1ccccc1. The molecule has 0 spiro atoms. The molecule has 0 radical (unpaired) electrons. The molecular weight excluding hydrogens is 184 g/mol. The van der Waals surface area contributed by atoms with E-state index in [1.165, 1.54) is 24.9 Å². The summed E-state index contributed by atoms with van der Waals surface area (Å²) in [6, 6.07) is 11.5. The van der Waals surface area contributed by atoms with Gasteiger partial charge in [-0.05, 0) is 31.9 Å². The van der Waals surface area contributed by atoms with Crippen LogP contribution in [0.5, 0.6) is 0 Å². The van der Waals surface area contributed by atoms with Gasteiger partial charge in [0, 0.05) is 18.6 Å². The van der Waals surface area contributed by atoms with E-state index in [-0.39, 0.29) is 0 Å². The molecule has 0 saturated carbocycles. The maximum absolute atomic E-state index is 6.08. The number of rotatable bonds is 2. The van der Waals surface area contributed by atoms with E-state index in [0.29, 0.717) is 12.1 Å². The molecule has 2 N–H and O–H groups in total. The van der Waals surface area contributed by atoms with Crippen LogP contribution < -0.4 is 5.73 Å². The number of hydrogen-bond donors (Lipinski definition) is 1. The Kier molecular flexibility index (Phi) is 3.39. The van der Waals surface area contributed by atoms with Crippen molar-refractivity contribution in [2.24, 2.45) is 5.73 Å². The van der Waals surface area contributed by atoms with Gasteiger partial charge in [0.1, 0.15) is 0 Å². The predicted molar refractivity (Wildman–Crippen MR) is 63.5 cm³/mol. The highest BCUT2D eigenvalue weighted by atomic mass is 15.2. The zero-order valence-corrected chi connectivity index (χ0v) is 9.39. The summed E-state index contributed by atoms with van der Waals surface area (Å²) in [5.41, 5.74) is 7.47. The highest BCUT2D eigenvalue weighted by molar-refractivity contribution is 5.14. The summed E-state index contributed by atoms with van der Waals surface area (Å²) in [6.07, 6.45) is 2.41. The van der Waals surface area contributed by atoms with E-state index in [0.717, 1.165) is 6.54 Å². The second-order valence-corrected chi connectivity index (χ2v) is 4.50. The first-order valence-electron chi connectivity index (χ1n) is 5.81. The van der Waals surface area contributed by atoms with E-state index in [2.05, 4.69) is 42.2 Å². The molecule has 1 aromatic rings. The van der Waals surface area contributed by atoms with E-state index in [4.69, 9.17) is 5.73 Å². The van der Waals surface area contributed by atoms with Crippen molar-refractivity contribution < 1.29 is 0 Å². The Balaban J connectivity index is 1.99. The average molecular weight is 204 g/mol. The fraction of sp³-hybridized carbons (Fsp3) is 0.538. The van der Waals surface area contributed by atoms with Crippen LogP contribution in [0.25, 0.3) is 0 Å². The van der Waals surface area contributed by atoms with Gasteiger partial charge >= 0.3 is 0 Å². The number of piperidine rings is 1. The van der Waals surface area contributed by atoms with Crippen molar-refractivity contribution in [2.75, 3.05) is 6.54 Å². The lowest BCUT2D eigenvalue weighted by Gasteiger charge is -2.37. The molecule has 1 aliphatic rings. The number of likely N-dealkylation sites (tertiary alicyclic amines) is 1. The highest BCUT2D eigenvalue weighted by Crippen LogP contribution is 2.18. The van der Waals surface area contributed by atoms with Crippen LogP contribution in [0, 0.1) is 0 Å². The Morgan fingerprint density at radius 3 is 2.80 bits per heavy atom. The second-order valence-electron chi connectivity index (χ2n) is 4.50. The molecule has 2 atom stereocenters. The molecule has 0 unspecified atom stereocenters. The zero-order chi connectivity index (χ0) is 10.7. The third-order valence-electron chi connectivity index (χ3n) is 3.41. The van der Waals surface area contributed by atoms with Crippen molar-refractivity contribution in [3.8, 4) is 0 Å². The maximum Gasteiger partial charge on any atom is 0.0237 e. The topological polar surface area (TPSA) is 29.3 Å². The van der Waals surface area contributed by atoms with Crippen molar-refractivity contribution >= 4 is 0 Å². The van der Waals surface area contributed by atoms with Crippen molar-refractivity contribution in [2.45, 2.75) is 38.4 Å². The largest absolute Gasteiger partial charge is 0.326 e. The molecule has 0 amide bonds. The lowest BCUT2D eigenvalue weighted by molar-refractivity contribution is 0.133. The molecule has 0 bridgehead atoms. The third kappa shape index (κ3) is 2.58. The molecule has 1 aromatic carbocycles. The summed E-state index contributed by atoms with van der Waals surface area (Å²) >= 11 is 0. The van der Waals surface area contributed by atoms with Gasteiger partial charge in [0.2, 0.25) is 0 Å². The van der Waals surface area contributed by atoms with E-state index in [9.17, 15) is 0 Å². The number of hydrogen-bond acceptors (Lipinski definition) is 2. The lowest BCUT2D eigenvalue weighted by atomic mass is 9.98. The van der Waals surface area contributed by atoms with Crippen LogP contribution in [-0.4, -0.2) is 23.5 Å². The molecule has 1 saturated heterocycles. The highest BCUT2D eigenvalue weighted by Gasteiger charge is 2.24. The van der Waals surface area contributed by atoms with Gasteiger partial charge in [-0.3, -0.25) is 4.90 Å². The molecule has 1 fully saturated rings. The van der Waals surface area contributed by atoms with E-state index >= 15 is 0 Å². The van der Waals surface area contributed by atoms with Crippen LogP contribution in [0.2, 0.25) is 0 Å². The quantitative estimate of drug-likeness (QED) is 0.798. The first-order chi connectivity index (χ1) is 7.27. The summed E-state index contributed by atoms with van der Waals surface area (Å²) < 4.78 is 0. The second kappa shape index (κ2) is 4.77. The molecule has 2 rings (SSSR count). The van der Waals surface area contributed by atoms with E-state index in [1.807, 2.05) is 0 Å². The van der Waals surface area contributed by atoms with E-state index < -0.39 is 0 Å². The summed E-state index contributed by atoms with van der Waals surface area (Å²) in [7, 11) is 0. The standard InChI is InChI=1S/C13H20N2/c1-11-13(14)8-5-9-15(11)10-12-6-3-2-4-7-12/h2-4,6-7,11,13H,5,8-10,14H2,1H3/t11-,13+/m0/s1. The summed E-state index contributed by atoms with van der Waals surface area (Å²) in [4.78, 5) is 2.49. The van der Waals surface area contributed by atoms with Gasteiger partial charge < -0.3 is 5.73 Å². The van der Waals surface area contributed by atoms with Gasteiger partial charge in [0.15, 0.2) is 0 Å². The molecule has 1 aliphatic heterocycles. The van der Waals surface area contributed by atoms with Crippen LogP contribution in [0.3, 0.4) is 0 Å². The minimum absolute atomic E-state index is 0.350. The Labute approximate surface area is 92.1 Å². The van der Waals surface area contributed by atoms with Gasteiger partial charge in [-0.15, -0.1) is 0 Å². The van der Waals surface area contributed by atoms with Crippen LogP contribution in [0.15, 0.2) is 30.3 Å². The Morgan fingerprint density at radius 1 is 1.33 bits per heavy atom. The van der Waals surface area contributed by atoms with Gasteiger partial charge in [0.05, 0.1) is 0 Å². The smallest absolute Gasteiger partial charge is 0.0237 e. The molecule has 0 aliphatic carbocycles. The van der Waals surface area contributed by atoms with Crippen molar-refractivity contribution in [1.82, 2.24) is 4.90 Å². The Hall–Kier alpha value is -0.860. The zero-order valence-electron chi connectivity index (χ0n) is 9.39. The monoisotopic (exact) mass is 204 g/mol. The van der Waals surface area contributed by atoms with Crippen LogP contribution >= 0.6 is 0 Å². The van der Waals surface area contributed by atoms with Gasteiger partial charge in [-0.1, -0.05) is 30.3 Å². The summed E-state index contributed by atoms with van der Waals surface area (Å²) in [6.45, 7) is 4.46. The van der Waals surface area contributed by atoms with Crippen molar-refractivity contribution in [1.29, 1.82) is 0 Å². The molecular formula is C13H20N2. The van der Waals surface area contributed by atoms with Crippen molar-refractivity contribution in [3.63, 3.8) is 0 Å². The molecule has 15 heavy (non-hydrogen) atoms. The fourth-order valence-electron chi connectivity index (χ4n) is 2.29. The molecule has 2 nitrogen and oxygen atoms in total. The summed E-state index contributed by atoms with van der Waals surface area (Å²) in [5.74, 6) is 0. The van der Waals surface area contributed by atoms with Crippen LogP contribution in [-0.2, 0) is 6.54 Å². The third-order valence-corrected chi connectivity index (χ3v) is 3.41. The molecule has 1 heterocycles. The lowest BCUT2D eigenvalue weighted by Crippen LogP contribution is -2.49. The first kappa shape index (κ1) is 10.7. The first-order valence-corrected chi connectivity index (χ1v) is 5.81. The van der Waals surface area contributed by atoms with Crippen LogP contribution in [0.1, 0.15) is 25.3 Å². The minimum atomic E-state index is 0.350. The number of benzene rings is 1. The number of nitrogens with two attached hydrogens (primary N) is 1. The van der Waals surface area contributed by atoms with Gasteiger partial charge in [-0.25, -0.2) is 0 Å².